The average Bonchev–Trinajstić information content (AvgIpc) is 2.68. The molecule has 0 saturated carbocycles. The minimum absolute atomic E-state index is 0.0683. The summed E-state index contributed by atoms with van der Waals surface area (Å²) in [6, 6.07) is 10.1. The Kier molecular flexibility index (Phi) is 5.36. The first-order valence-electron chi connectivity index (χ1n) is 7.03. The molecule has 4 nitrogen and oxygen atoms in total. The van der Waals surface area contributed by atoms with Crippen LogP contribution in [-0.4, -0.2) is 43.5 Å². The lowest BCUT2D eigenvalue weighted by Crippen LogP contribution is -2.39. The number of amides is 1. The van der Waals surface area contributed by atoms with Gasteiger partial charge in [-0.05, 0) is 32.0 Å². The van der Waals surface area contributed by atoms with Gasteiger partial charge in [0.15, 0.2) is 0 Å². The largest absolute Gasteiger partial charge is 0.348 e. The van der Waals surface area contributed by atoms with Crippen molar-refractivity contribution in [2.45, 2.75) is 19.4 Å². The average molecular weight is 261 g/mol. The van der Waals surface area contributed by atoms with Gasteiger partial charge >= 0.3 is 0 Å². The van der Waals surface area contributed by atoms with Crippen LogP contribution in [0.2, 0.25) is 0 Å². The fourth-order valence-corrected chi connectivity index (χ4v) is 2.38. The van der Waals surface area contributed by atoms with Crippen molar-refractivity contribution in [2.75, 3.05) is 32.7 Å². The number of nitrogens with zero attached hydrogens (tertiary/aromatic N) is 1. The van der Waals surface area contributed by atoms with E-state index in [1.807, 2.05) is 37.3 Å². The van der Waals surface area contributed by atoms with E-state index >= 15 is 0 Å². The summed E-state index contributed by atoms with van der Waals surface area (Å²) in [6.07, 6.45) is 1.11. The quantitative estimate of drug-likeness (QED) is 0.855. The van der Waals surface area contributed by atoms with Gasteiger partial charge in [-0.1, -0.05) is 30.3 Å². The first-order chi connectivity index (χ1) is 9.25. The second-order valence-electron chi connectivity index (χ2n) is 5.08. The van der Waals surface area contributed by atoms with Crippen LogP contribution in [0, 0.1) is 0 Å². The minimum atomic E-state index is 0.0683. The highest BCUT2D eigenvalue weighted by atomic mass is 16.2. The van der Waals surface area contributed by atoms with Crippen LogP contribution in [0.15, 0.2) is 30.3 Å². The molecular weight excluding hydrogens is 238 g/mol. The Morgan fingerprint density at radius 1 is 1.32 bits per heavy atom. The molecule has 19 heavy (non-hydrogen) atoms. The molecule has 0 unspecified atom stereocenters. The lowest BCUT2D eigenvalue weighted by Gasteiger charge is -2.21. The molecule has 1 aromatic rings. The molecule has 1 aliphatic heterocycles. The van der Waals surface area contributed by atoms with E-state index in [2.05, 4.69) is 15.5 Å². The first-order valence-corrected chi connectivity index (χ1v) is 7.03. The maximum Gasteiger partial charge on any atom is 0.234 e. The van der Waals surface area contributed by atoms with E-state index in [0.717, 1.165) is 38.2 Å². The van der Waals surface area contributed by atoms with Crippen molar-refractivity contribution in [3.8, 4) is 0 Å². The fraction of sp³-hybridized carbons (Fsp3) is 0.533. The summed E-state index contributed by atoms with van der Waals surface area (Å²) in [5, 5.41) is 6.41. The zero-order valence-corrected chi connectivity index (χ0v) is 11.6. The van der Waals surface area contributed by atoms with E-state index in [1.165, 1.54) is 0 Å². The van der Waals surface area contributed by atoms with Gasteiger partial charge in [-0.15, -0.1) is 0 Å². The van der Waals surface area contributed by atoms with Gasteiger partial charge in [0.2, 0.25) is 5.91 Å². The van der Waals surface area contributed by atoms with Crippen LogP contribution in [0.5, 0.6) is 0 Å². The third kappa shape index (κ3) is 4.65. The molecule has 0 spiro atoms. The number of nitrogens with one attached hydrogen (secondary N) is 2. The standard InChI is InChI=1S/C15H23N3O/c1-13(14-6-3-2-4-7-14)17-15(19)12-18-10-5-8-16-9-11-18/h2-4,6-7,13,16H,5,8-12H2,1H3,(H,17,19)/t13-/m0/s1. The van der Waals surface area contributed by atoms with Crippen LogP contribution >= 0.6 is 0 Å². The van der Waals surface area contributed by atoms with Crippen LogP contribution in [-0.2, 0) is 4.79 Å². The summed E-state index contributed by atoms with van der Waals surface area (Å²) in [6.45, 7) is 6.50. The molecule has 0 aromatic heterocycles. The van der Waals surface area contributed by atoms with Gasteiger partial charge in [0.25, 0.3) is 0 Å². The third-order valence-corrected chi connectivity index (χ3v) is 3.48. The molecule has 4 heteroatoms. The van der Waals surface area contributed by atoms with Crippen molar-refractivity contribution < 1.29 is 4.79 Å². The van der Waals surface area contributed by atoms with Crippen LogP contribution in [0.4, 0.5) is 0 Å². The molecule has 2 N–H and O–H groups in total. The molecule has 1 fully saturated rings. The van der Waals surface area contributed by atoms with Gasteiger partial charge in [-0.25, -0.2) is 0 Å². The van der Waals surface area contributed by atoms with Gasteiger partial charge in [0.05, 0.1) is 12.6 Å². The Bertz CT molecular complexity index is 386. The molecule has 0 bridgehead atoms. The maximum atomic E-state index is 12.0. The van der Waals surface area contributed by atoms with Crippen molar-refractivity contribution >= 4 is 5.91 Å². The molecule has 1 heterocycles. The summed E-state index contributed by atoms with van der Waals surface area (Å²) in [5.41, 5.74) is 1.15. The molecular formula is C15H23N3O. The third-order valence-electron chi connectivity index (χ3n) is 3.48. The van der Waals surface area contributed by atoms with Crippen molar-refractivity contribution in [3.05, 3.63) is 35.9 Å². The topological polar surface area (TPSA) is 44.4 Å². The van der Waals surface area contributed by atoms with Crippen molar-refractivity contribution in [2.24, 2.45) is 0 Å². The predicted molar refractivity (Wildman–Crippen MR) is 76.9 cm³/mol. The van der Waals surface area contributed by atoms with Crippen molar-refractivity contribution in [1.82, 2.24) is 15.5 Å². The molecule has 1 amide bonds. The van der Waals surface area contributed by atoms with Crippen molar-refractivity contribution in [3.63, 3.8) is 0 Å². The van der Waals surface area contributed by atoms with E-state index in [1.54, 1.807) is 0 Å². The Morgan fingerprint density at radius 2 is 2.11 bits per heavy atom. The number of rotatable bonds is 4. The second-order valence-corrected chi connectivity index (χ2v) is 5.08. The molecule has 0 radical (unpaired) electrons. The summed E-state index contributed by atoms with van der Waals surface area (Å²) in [7, 11) is 0. The lowest BCUT2D eigenvalue weighted by molar-refractivity contribution is -0.122. The maximum absolute atomic E-state index is 12.0. The van der Waals surface area contributed by atoms with Gasteiger partial charge in [-0.2, -0.15) is 0 Å². The zero-order chi connectivity index (χ0) is 13.5. The van der Waals surface area contributed by atoms with Crippen LogP contribution in [0.3, 0.4) is 0 Å². The molecule has 104 valence electrons. The highest BCUT2D eigenvalue weighted by Gasteiger charge is 2.14. The van der Waals surface area contributed by atoms with Crippen LogP contribution in [0.1, 0.15) is 24.9 Å². The second kappa shape index (κ2) is 7.26. The number of benzene rings is 1. The summed E-state index contributed by atoms with van der Waals surface area (Å²) >= 11 is 0. The number of carbonyl (C=O) groups excluding carboxylic acids is 1. The van der Waals surface area contributed by atoms with E-state index in [4.69, 9.17) is 0 Å². The van der Waals surface area contributed by atoms with Gasteiger partial charge < -0.3 is 10.6 Å². The summed E-state index contributed by atoms with van der Waals surface area (Å²) in [5.74, 6) is 0.109. The van der Waals surface area contributed by atoms with Gasteiger partial charge in [-0.3, -0.25) is 9.69 Å². The SMILES string of the molecule is C[C@H](NC(=O)CN1CCCNCC1)c1ccccc1. The Hall–Kier alpha value is -1.39. The molecule has 2 rings (SSSR count). The monoisotopic (exact) mass is 261 g/mol. The number of hydrogen-bond acceptors (Lipinski definition) is 3. The Labute approximate surface area is 115 Å². The fourth-order valence-electron chi connectivity index (χ4n) is 2.38. The summed E-state index contributed by atoms with van der Waals surface area (Å²) in [4.78, 5) is 14.2. The summed E-state index contributed by atoms with van der Waals surface area (Å²) < 4.78 is 0. The Balaban J connectivity index is 1.80. The first kappa shape index (κ1) is 14.0. The van der Waals surface area contributed by atoms with E-state index in [0.29, 0.717) is 6.54 Å². The highest BCUT2D eigenvalue weighted by molar-refractivity contribution is 5.78. The van der Waals surface area contributed by atoms with Crippen LogP contribution < -0.4 is 10.6 Å². The zero-order valence-electron chi connectivity index (χ0n) is 11.6. The highest BCUT2D eigenvalue weighted by Crippen LogP contribution is 2.10. The smallest absolute Gasteiger partial charge is 0.234 e. The molecule has 1 saturated heterocycles. The predicted octanol–water partition coefficient (Wildman–Crippen LogP) is 1.16. The lowest BCUT2D eigenvalue weighted by atomic mass is 10.1. The van der Waals surface area contributed by atoms with Crippen LogP contribution in [0.25, 0.3) is 0 Å². The van der Waals surface area contributed by atoms with Gasteiger partial charge in [0.1, 0.15) is 0 Å². The molecule has 1 aliphatic rings. The Morgan fingerprint density at radius 3 is 2.89 bits per heavy atom. The van der Waals surface area contributed by atoms with E-state index < -0.39 is 0 Å². The molecule has 1 aromatic carbocycles. The number of carbonyl (C=O) groups is 1. The van der Waals surface area contributed by atoms with E-state index in [9.17, 15) is 4.79 Å². The molecule has 1 atom stereocenters. The van der Waals surface area contributed by atoms with Crippen molar-refractivity contribution in [1.29, 1.82) is 0 Å². The van der Waals surface area contributed by atoms with E-state index in [-0.39, 0.29) is 11.9 Å². The molecule has 0 aliphatic carbocycles. The minimum Gasteiger partial charge on any atom is -0.348 e. The number of hydrogen-bond donors (Lipinski definition) is 2. The van der Waals surface area contributed by atoms with Gasteiger partial charge in [0, 0.05) is 13.1 Å². The normalized spacial score (nSPS) is 18.6.